The molecular formula is C23H26NP. The van der Waals surface area contributed by atoms with Gasteiger partial charge in [0.2, 0.25) is 0 Å². The van der Waals surface area contributed by atoms with E-state index in [2.05, 4.69) is 87.5 Å². The molecule has 3 aromatic rings. The van der Waals surface area contributed by atoms with Gasteiger partial charge in [0, 0.05) is 13.6 Å². The molecule has 0 saturated carbocycles. The number of benzene rings is 2. The Kier molecular flexibility index (Phi) is 6.00. The molecule has 3 rings (SSSR count). The molecule has 0 saturated heterocycles. The van der Waals surface area contributed by atoms with Crippen LogP contribution in [0.3, 0.4) is 0 Å². The topological polar surface area (TPSA) is 12.9 Å². The monoisotopic (exact) mass is 347 g/mol. The number of rotatable bonds is 6. The van der Waals surface area contributed by atoms with Crippen LogP contribution in [0.5, 0.6) is 0 Å². The van der Waals surface area contributed by atoms with Crippen LogP contribution in [0.25, 0.3) is 0 Å². The summed E-state index contributed by atoms with van der Waals surface area (Å²) in [5.74, 6) is 0. The average Bonchev–Trinajstić information content (AvgIpc) is 2.64. The Morgan fingerprint density at radius 3 is 1.84 bits per heavy atom. The first-order valence-electron chi connectivity index (χ1n) is 9.07. The molecule has 0 aliphatic rings. The third-order valence-corrected chi connectivity index (χ3v) is 6.73. The van der Waals surface area contributed by atoms with E-state index in [1.54, 1.807) is 0 Å². The van der Waals surface area contributed by atoms with Crippen molar-refractivity contribution in [2.45, 2.75) is 40.0 Å². The van der Waals surface area contributed by atoms with Crippen molar-refractivity contribution in [2.24, 2.45) is 0 Å². The second-order valence-electron chi connectivity index (χ2n) is 6.60. The van der Waals surface area contributed by atoms with E-state index in [0.717, 1.165) is 6.42 Å². The minimum Gasteiger partial charge on any atom is -0.252 e. The number of pyridine rings is 1. The van der Waals surface area contributed by atoms with Crippen molar-refractivity contribution in [2.75, 3.05) is 0 Å². The van der Waals surface area contributed by atoms with Crippen LogP contribution in [0, 0.1) is 13.8 Å². The Labute approximate surface area is 152 Å². The average molecular weight is 347 g/mol. The van der Waals surface area contributed by atoms with Gasteiger partial charge < -0.3 is 0 Å². The number of nitrogens with zero attached hydrogens (tertiary/aromatic N) is 1. The molecule has 0 atom stereocenters. The summed E-state index contributed by atoms with van der Waals surface area (Å²) in [6, 6.07) is 24.4. The molecule has 0 unspecified atom stereocenters. The van der Waals surface area contributed by atoms with Gasteiger partial charge in [0.15, 0.2) is 0 Å². The van der Waals surface area contributed by atoms with Gasteiger partial charge in [0.05, 0.1) is 5.44 Å². The highest BCUT2D eigenvalue weighted by Gasteiger charge is 2.18. The first-order valence-corrected chi connectivity index (χ1v) is 10.4. The maximum absolute atomic E-state index is 5.04. The summed E-state index contributed by atoms with van der Waals surface area (Å²) in [7, 11) is -0.613. The van der Waals surface area contributed by atoms with Gasteiger partial charge in [0.25, 0.3) is 0 Å². The largest absolute Gasteiger partial charge is 0.252 e. The number of aromatic nitrogens is 1. The predicted molar refractivity (Wildman–Crippen MR) is 111 cm³/mol. The zero-order valence-electron chi connectivity index (χ0n) is 15.4. The summed E-state index contributed by atoms with van der Waals surface area (Å²) in [6.45, 7) is 6.51. The first-order chi connectivity index (χ1) is 12.2. The number of aryl methyl sites for hydroxylation is 3. The van der Waals surface area contributed by atoms with Crippen molar-refractivity contribution in [3.63, 3.8) is 0 Å². The molecule has 0 fully saturated rings. The van der Waals surface area contributed by atoms with Gasteiger partial charge in [-0.15, -0.1) is 0 Å². The van der Waals surface area contributed by atoms with Crippen molar-refractivity contribution in [1.29, 1.82) is 0 Å². The van der Waals surface area contributed by atoms with Gasteiger partial charge in [0.1, 0.15) is 0 Å². The fourth-order valence-electron chi connectivity index (χ4n) is 2.89. The van der Waals surface area contributed by atoms with Gasteiger partial charge >= 0.3 is 0 Å². The lowest BCUT2D eigenvalue weighted by Crippen LogP contribution is -2.23. The highest BCUT2D eigenvalue weighted by Crippen LogP contribution is 2.32. The molecule has 0 radical (unpaired) electrons. The van der Waals surface area contributed by atoms with Crippen LogP contribution in [0.1, 0.15) is 36.6 Å². The molecule has 1 nitrogen and oxygen atoms in total. The third kappa shape index (κ3) is 4.55. The van der Waals surface area contributed by atoms with Crippen LogP contribution in [0.15, 0.2) is 66.7 Å². The zero-order valence-corrected chi connectivity index (χ0v) is 16.3. The highest BCUT2D eigenvalue weighted by molar-refractivity contribution is 7.79. The van der Waals surface area contributed by atoms with Crippen molar-refractivity contribution in [1.82, 2.24) is 4.98 Å². The second-order valence-corrected chi connectivity index (χ2v) is 8.76. The fourth-order valence-corrected chi connectivity index (χ4v) is 5.08. The summed E-state index contributed by atoms with van der Waals surface area (Å²) in [5, 5.41) is 2.73. The van der Waals surface area contributed by atoms with E-state index in [-0.39, 0.29) is 0 Å². The van der Waals surface area contributed by atoms with Gasteiger partial charge in [-0.25, -0.2) is 0 Å². The smallest absolute Gasteiger partial charge is 0.0724 e. The van der Waals surface area contributed by atoms with E-state index >= 15 is 0 Å². The van der Waals surface area contributed by atoms with Gasteiger partial charge in [-0.1, -0.05) is 79.1 Å². The molecule has 0 aliphatic heterocycles. The Balaban J connectivity index is 2.04. The molecule has 0 bridgehead atoms. The minimum atomic E-state index is -0.613. The lowest BCUT2D eigenvalue weighted by atomic mass is 10.2. The summed E-state index contributed by atoms with van der Waals surface area (Å²) < 4.78 is 0. The zero-order chi connectivity index (χ0) is 17.6. The Morgan fingerprint density at radius 2 is 1.32 bits per heavy atom. The van der Waals surface area contributed by atoms with E-state index in [9.17, 15) is 0 Å². The van der Waals surface area contributed by atoms with E-state index in [0.29, 0.717) is 0 Å². The molecule has 0 N–H and O–H groups in total. The van der Waals surface area contributed by atoms with E-state index < -0.39 is 7.92 Å². The first kappa shape index (κ1) is 17.8. The third-order valence-electron chi connectivity index (χ3n) is 4.39. The molecule has 1 aromatic heterocycles. The molecule has 0 amide bonds. The Hall–Kier alpha value is -1.98. The lowest BCUT2D eigenvalue weighted by molar-refractivity contribution is 0.779. The molecule has 1 heterocycles. The summed E-state index contributed by atoms with van der Waals surface area (Å²) in [5.41, 5.74) is 5.02. The van der Waals surface area contributed by atoms with Crippen LogP contribution in [0.4, 0.5) is 0 Å². The van der Waals surface area contributed by atoms with Crippen LogP contribution in [-0.2, 0) is 6.42 Å². The Morgan fingerprint density at radius 1 is 0.760 bits per heavy atom. The lowest BCUT2D eigenvalue weighted by Gasteiger charge is -2.19. The van der Waals surface area contributed by atoms with Gasteiger partial charge in [-0.05, 0) is 49.4 Å². The molecule has 128 valence electrons. The molecule has 0 spiro atoms. The number of unbranched alkanes of at least 4 members (excludes halogenated alkanes) is 1. The maximum Gasteiger partial charge on any atom is 0.0724 e. The van der Waals surface area contributed by atoms with Crippen molar-refractivity contribution in [3.05, 3.63) is 83.6 Å². The van der Waals surface area contributed by atoms with Gasteiger partial charge in [-0.2, -0.15) is 0 Å². The molecule has 0 aliphatic carbocycles. The molecule has 2 aromatic carbocycles. The van der Waals surface area contributed by atoms with Crippen LogP contribution >= 0.6 is 7.92 Å². The number of hydrogen-bond donors (Lipinski definition) is 0. The van der Waals surface area contributed by atoms with Crippen LogP contribution in [0.2, 0.25) is 0 Å². The minimum absolute atomic E-state index is 0.613. The normalized spacial score (nSPS) is 11.0. The molecule has 25 heavy (non-hydrogen) atoms. The summed E-state index contributed by atoms with van der Waals surface area (Å²) in [6.07, 6.45) is 3.47. The van der Waals surface area contributed by atoms with Gasteiger partial charge in [-0.3, -0.25) is 4.98 Å². The summed E-state index contributed by atoms with van der Waals surface area (Å²) >= 11 is 0. The van der Waals surface area contributed by atoms with E-state index in [4.69, 9.17) is 4.98 Å². The molecular weight excluding hydrogens is 321 g/mol. The highest BCUT2D eigenvalue weighted by atomic mass is 31.1. The van der Waals surface area contributed by atoms with Crippen molar-refractivity contribution >= 4 is 24.0 Å². The molecule has 2 heteroatoms. The predicted octanol–water partition coefficient (Wildman–Crippen LogP) is 4.80. The number of hydrogen-bond acceptors (Lipinski definition) is 1. The van der Waals surface area contributed by atoms with Crippen molar-refractivity contribution < 1.29 is 0 Å². The van der Waals surface area contributed by atoms with E-state index in [1.807, 2.05) is 0 Å². The van der Waals surface area contributed by atoms with Crippen LogP contribution in [-0.4, -0.2) is 4.98 Å². The maximum atomic E-state index is 5.04. The van der Waals surface area contributed by atoms with E-state index in [1.165, 1.54) is 45.7 Å². The standard InChI is InChI=1S/C23H26NP/c1-4-5-7-20-8-6-9-23(24-20)25(21-14-10-18(2)11-15-21)22-16-12-19(3)13-17-22/h6,8-17H,4-5,7H2,1-3H3. The fraction of sp³-hybridized carbons (Fsp3) is 0.261. The Bertz CT molecular complexity index is 761. The second kappa shape index (κ2) is 8.41. The quantitative estimate of drug-likeness (QED) is 0.584. The SMILES string of the molecule is CCCCc1cccc(P(c2ccc(C)cc2)c2ccc(C)cc2)n1. The summed E-state index contributed by atoms with van der Waals surface area (Å²) in [4.78, 5) is 5.04. The van der Waals surface area contributed by atoms with Crippen molar-refractivity contribution in [3.8, 4) is 0 Å². The van der Waals surface area contributed by atoms with Crippen LogP contribution < -0.4 is 16.0 Å².